The van der Waals surface area contributed by atoms with Gasteiger partial charge in [-0.25, -0.2) is 0 Å². The summed E-state index contributed by atoms with van der Waals surface area (Å²) in [7, 11) is 0. The smallest absolute Gasteiger partial charge is 0.272 e. The highest BCUT2D eigenvalue weighted by Gasteiger charge is 2.32. The van der Waals surface area contributed by atoms with Gasteiger partial charge in [-0.2, -0.15) is 5.10 Å². The largest absolute Gasteiger partial charge is 0.347 e. The standard InChI is InChI=1S/C25H36N4O/c1-25(2,3)29-23(21-11-12-21)16-22(27-29)24(30)26-17-19-9-8-10-20(15-19)18-28-13-6-4-5-7-14-28/h8-10,15-16,21H,4-7,11-14,17-18H2,1-3H3,(H,26,30). The zero-order valence-electron chi connectivity index (χ0n) is 18.8. The molecule has 1 aromatic heterocycles. The zero-order chi connectivity index (χ0) is 21.1. The van der Waals surface area contributed by atoms with Crippen molar-refractivity contribution in [3.63, 3.8) is 0 Å². The summed E-state index contributed by atoms with van der Waals surface area (Å²) in [5.74, 6) is 0.478. The summed E-state index contributed by atoms with van der Waals surface area (Å²) in [6.07, 6.45) is 7.73. The van der Waals surface area contributed by atoms with Crippen LogP contribution in [-0.2, 0) is 18.6 Å². The summed E-state index contributed by atoms with van der Waals surface area (Å²) in [5.41, 5.74) is 4.10. The molecule has 1 saturated heterocycles. The van der Waals surface area contributed by atoms with Crippen molar-refractivity contribution in [1.29, 1.82) is 0 Å². The number of nitrogens with zero attached hydrogens (tertiary/aromatic N) is 3. The maximum Gasteiger partial charge on any atom is 0.272 e. The van der Waals surface area contributed by atoms with Crippen molar-refractivity contribution >= 4 is 5.91 Å². The van der Waals surface area contributed by atoms with Crippen molar-refractivity contribution in [3.05, 3.63) is 52.8 Å². The molecule has 162 valence electrons. The van der Waals surface area contributed by atoms with Crippen LogP contribution in [0.25, 0.3) is 0 Å². The van der Waals surface area contributed by atoms with Crippen LogP contribution in [0.4, 0.5) is 0 Å². The lowest BCUT2D eigenvalue weighted by Gasteiger charge is -2.22. The highest BCUT2D eigenvalue weighted by molar-refractivity contribution is 5.92. The van der Waals surface area contributed by atoms with Crippen LogP contribution in [0.15, 0.2) is 30.3 Å². The molecule has 0 bridgehead atoms. The molecule has 30 heavy (non-hydrogen) atoms. The predicted molar refractivity (Wildman–Crippen MR) is 121 cm³/mol. The van der Waals surface area contributed by atoms with Crippen LogP contribution in [0.5, 0.6) is 0 Å². The first-order chi connectivity index (χ1) is 14.4. The second-order valence-electron chi connectivity index (χ2n) is 10.0. The van der Waals surface area contributed by atoms with Crippen LogP contribution in [0.2, 0.25) is 0 Å². The predicted octanol–water partition coefficient (Wildman–Crippen LogP) is 4.82. The van der Waals surface area contributed by atoms with E-state index in [1.807, 2.05) is 10.7 Å². The molecule has 2 fully saturated rings. The van der Waals surface area contributed by atoms with E-state index in [0.717, 1.165) is 12.1 Å². The third-order valence-corrected chi connectivity index (χ3v) is 6.15. The molecule has 0 spiro atoms. The highest BCUT2D eigenvalue weighted by atomic mass is 16.1. The molecular formula is C25H36N4O. The van der Waals surface area contributed by atoms with Gasteiger partial charge in [0.05, 0.1) is 5.54 Å². The van der Waals surface area contributed by atoms with E-state index >= 15 is 0 Å². The summed E-state index contributed by atoms with van der Waals surface area (Å²) < 4.78 is 2.04. The lowest BCUT2D eigenvalue weighted by atomic mass is 10.1. The van der Waals surface area contributed by atoms with Gasteiger partial charge in [0, 0.05) is 24.7 Å². The molecule has 1 aromatic carbocycles. The van der Waals surface area contributed by atoms with Crippen molar-refractivity contribution in [2.24, 2.45) is 0 Å². The van der Waals surface area contributed by atoms with Gasteiger partial charge >= 0.3 is 0 Å². The van der Waals surface area contributed by atoms with Crippen molar-refractivity contribution in [1.82, 2.24) is 20.0 Å². The van der Waals surface area contributed by atoms with Gasteiger partial charge in [-0.05, 0) is 76.7 Å². The Balaban J connectivity index is 1.38. The zero-order valence-corrected chi connectivity index (χ0v) is 18.8. The Morgan fingerprint density at radius 3 is 2.43 bits per heavy atom. The number of nitrogens with one attached hydrogen (secondary N) is 1. The van der Waals surface area contributed by atoms with Crippen molar-refractivity contribution in [2.45, 2.75) is 83.8 Å². The fraction of sp³-hybridized carbons (Fsp3) is 0.600. The van der Waals surface area contributed by atoms with E-state index in [0.29, 0.717) is 18.2 Å². The number of carbonyl (C=O) groups excluding carboxylic acids is 1. The summed E-state index contributed by atoms with van der Waals surface area (Å²) in [5, 5.41) is 7.74. The fourth-order valence-electron chi connectivity index (χ4n) is 4.38. The molecule has 0 unspecified atom stereocenters. The average molecular weight is 409 g/mol. The molecule has 0 atom stereocenters. The van der Waals surface area contributed by atoms with Crippen LogP contribution in [0.3, 0.4) is 0 Å². The van der Waals surface area contributed by atoms with Gasteiger partial charge < -0.3 is 5.32 Å². The Kier molecular flexibility index (Phi) is 6.28. The van der Waals surface area contributed by atoms with E-state index in [2.05, 4.69) is 60.4 Å². The lowest BCUT2D eigenvalue weighted by molar-refractivity contribution is 0.0944. The maximum atomic E-state index is 12.8. The van der Waals surface area contributed by atoms with Gasteiger partial charge in [0.25, 0.3) is 5.91 Å². The Hall–Kier alpha value is -2.14. The van der Waals surface area contributed by atoms with E-state index in [1.165, 1.54) is 62.9 Å². The van der Waals surface area contributed by atoms with E-state index in [4.69, 9.17) is 0 Å². The molecule has 0 radical (unpaired) electrons. The summed E-state index contributed by atoms with van der Waals surface area (Å²) >= 11 is 0. The summed E-state index contributed by atoms with van der Waals surface area (Å²) in [6, 6.07) is 10.6. The minimum absolute atomic E-state index is 0.0854. The van der Waals surface area contributed by atoms with Crippen LogP contribution in [-0.4, -0.2) is 33.7 Å². The monoisotopic (exact) mass is 408 g/mol. The second-order valence-corrected chi connectivity index (χ2v) is 10.0. The highest BCUT2D eigenvalue weighted by Crippen LogP contribution is 2.41. The van der Waals surface area contributed by atoms with Gasteiger partial charge in [-0.1, -0.05) is 37.1 Å². The second kappa shape index (κ2) is 8.93. The first-order valence-electron chi connectivity index (χ1n) is 11.6. The van der Waals surface area contributed by atoms with Crippen molar-refractivity contribution < 1.29 is 4.79 Å². The number of likely N-dealkylation sites (tertiary alicyclic amines) is 1. The number of benzene rings is 1. The quantitative estimate of drug-likeness (QED) is 0.745. The number of rotatable bonds is 6. The Labute approximate surface area is 180 Å². The average Bonchev–Trinajstić information content (AvgIpc) is 3.49. The first kappa shape index (κ1) is 21.1. The van der Waals surface area contributed by atoms with Crippen LogP contribution in [0.1, 0.15) is 92.5 Å². The molecule has 5 heteroatoms. The third kappa shape index (κ3) is 5.31. The molecule has 4 rings (SSSR count). The van der Waals surface area contributed by atoms with Gasteiger partial charge in [-0.3, -0.25) is 14.4 Å². The van der Waals surface area contributed by atoms with Crippen LogP contribution >= 0.6 is 0 Å². The molecule has 5 nitrogen and oxygen atoms in total. The Morgan fingerprint density at radius 1 is 1.07 bits per heavy atom. The maximum absolute atomic E-state index is 12.8. The third-order valence-electron chi connectivity index (χ3n) is 6.15. The topological polar surface area (TPSA) is 50.2 Å². The minimum atomic E-state index is -0.113. The lowest BCUT2D eigenvalue weighted by Crippen LogP contribution is -2.27. The minimum Gasteiger partial charge on any atom is -0.347 e. The van der Waals surface area contributed by atoms with Crippen molar-refractivity contribution in [2.75, 3.05) is 13.1 Å². The number of aromatic nitrogens is 2. The van der Waals surface area contributed by atoms with E-state index in [-0.39, 0.29) is 11.4 Å². The molecule has 1 aliphatic heterocycles. The van der Waals surface area contributed by atoms with Crippen LogP contribution < -0.4 is 5.32 Å². The number of hydrogen-bond acceptors (Lipinski definition) is 3. The number of hydrogen-bond donors (Lipinski definition) is 1. The van der Waals surface area contributed by atoms with Crippen LogP contribution in [0, 0.1) is 0 Å². The molecule has 1 N–H and O–H groups in total. The SMILES string of the molecule is CC(C)(C)n1nc(C(=O)NCc2cccc(CN3CCCCCC3)c2)cc1C1CC1. The Morgan fingerprint density at radius 2 is 1.77 bits per heavy atom. The van der Waals surface area contributed by atoms with Gasteiger partial charge in [0.1, 0.15) is 5.69 Å². The first-order valence-corrected chi connectivity index (χ1v) is 11.6. The number of carbonyl (C=O) groups is 1. The molecule has 2 heterocycles. The molecular weight excluding hydrogens is 372 g/mol. The van der Waals surface area contributed by atoms with Crippen molar-refractivity contribution in [3.8, 4) is 0 Å². The van der Waals surface area contributed by atoms with Gasteiger partial charge in [-0.15, -0.1) is 0 Å². The Bertz CT molecular complexity index is 868. The summed E-state index contributed by atoms with van der Waals surface area (Å²) in [6.45, 7) is 10.4. The fourth-order valence-corrected chi connectivity index (χ4v) is 4.38. The molecule has 2 aliphatic rings. The number of amides is 1. The molecule has 1 amide bonds. The molecule has 2 aromatic rings. The van der Waals surface area contributed by atoms with Gasteiger partial charge in [0.2, 0.25) is 0 Å². The molecule has 1 aliphatic carbocycles. The van der Waals surface area contributed by atoms with E-state index < -0.39 is 0 Å². The van der Waals surface area contributed by atoms with E-state index in [9.17, 15) is 4.79 Å². The summed E-state index contributed by atoms with van der Waals surface area (Å²) in [4.78, 5) is 15.4. The van der Waals surface area contributed by atoms with E-state index in [1.54, 1.807) is 0 Å². The molecule has 1 saturated carbocycles. The normalized spacial score (nSPS) is 18.2. The van der Waals surface area contributed by atoms with Gasteiger partial charge in [0.15, 0.2) is 0 Å².